The number of halogens is 2. The molecule has 0 aliphatic rings. The van der Waals surface area contributed by atoms with Gasteiger partial charge in [-0.15, -0.1) is 0 Å². The Kier molecular flexibility index (Phi) is 6.51. The molecule has 2 aromatic carbocycles. The van der Waals surface area contributed by atoms with E-state index in [1.54, 1.807) is 32.0 Å². The Morgan fingerprint density at radius 1 is 1.24 bits per heavy atom. The molecule has 2 unspecified atom stereocenters. The normalized spacial score (nSPS) is 14.0. The molecule has 9 heteroatoms. The number of carboxylic acids is 1. The van der Waals surface area contributed by atoms with Gasteiger partial charge in [0.2, 0.25) is 5.91 Å². The lowest BCUT2D eigenvalue weighted by atomic mass is 9.93. The van der Waals surface area contributed by atoms with E-state index in [-0.39, 0.29) is 34.1 Å². The van der Waals surface area contributed by atoms with Gasteiger partial charge in [0.25, 0.3) is 5.91 Å². The first-order valence-corrected chi connectivity index (χ1v) is 10.7. The number of phenolic OH excluding ortho intramolecular Hbond substituents is 1. The van der Waals surface area contributed by atoms with Crippen molar-refractivity contribution in [3.8, 4) is 5.75 Å². The maximum Gasteiger partial charge on any atom is 0.329 e. The van der Waals surface area contributed by atoms with Gasteiger partial charge in [-0.05, 0) is 63.1 Å². The van der Waals surface area contributed by atoms with Crippen molar-refractivity contribution in [1.82, 2.24) is 9.88 Å². The highest BCUT2D eigenvalue weighted by Crippen LogP contribution is 2.37. The Morgan fingerprint density at radius 2 is 1.91 bits per heavy atom. The SMILES string of the molecule is CCC(C)(NC(=O)C(C)c1c(C)n(C(=O)c2cccc(Cl)c2)c2ccc(O)c(F)c12)C(=O)O. The fourth-order valence-electron chi connectivity index (χ4n) is 3.83. The van der Waals surface area contributed by atoms with E-state index in [1.165, 1.54) is 30.5 Å². The van der Waals surface area contributed by atoms with Gasteiger partial charge in [0.05, 0.1) is 11.4 Å². The summed E-state index contributed by atoms with van der Waals surface area (Å²) in [4.78, 5) is 38.0. The Hall–Kier alpha value is -3.39. The third kappa shape index (κ3) is 4.18. The number of fused-ring (bicyclic) bond motifs is 1. The van der Waals surface area contributed by atoms with Crippen LogP contribution in [0.15, 0.2) is 36.4 Å². The van der Waals surface area contributed by atoms with E-state index in [0.29, 0.717) is 5.02 Å². The average molecular weight is 475 g/mol. The van der Waals surface area contributed by atoms with Gasteiger partial charge in [0.15, 0.2) is 11.6 Å². The zero-order valence-electron chi connectivity index (χ0n) is 18.6. The number of rotatable bonds is 6. The number of hydrogen-bond donors (Lipinski definition) is 3. The summed E-state index contributed by atoms with van der Waals surface area (Å²) >= 11 is 6.02. The van der Waals surface area contributed by atoms with Crippen molar-refractivity contribution < 1.29 is 29.0 Å². The van der Waals surface area contributed by atoms with Crippen LogP contribution in [0.2, 0.25) is 5.02 Å². The van der Waals surface area contributed by atoms with Crippen LogP contribution in [0.1, 0.15) is 54.7 Å². The highest BCUT2D eigenvalue weighted by molar-refractivity contribution is 6.31. The maximum absolute atomic E-state index is 15.1. The van der Waals surface area contributed by atoms with Crippen molar-refractivity contribution in [3.05, 3.63) is 64.1 Å². The van der Waals surface area contributed by atoms with E-state index in [4.69, 9.17) is 11.6 Å². The number of phenols is 1. The van der Waals surface area contributed by atoms with Crippen LogP contribution in [-0.4, -0.2) is 38.1 Å². The summed E-state index contributed by atoms with van der Waals surface area (Å²) in [5.41, 5.74) is -0.636. The molecule has 1 heterocycles. The minimum Gasteiger partial charge on any atom is -0.505 e. The molecule has 174 valence electrons. The molecule has 3 N–H and O–H groups in total. The monoisotopic (exact) mass is 474 g/mol. The maximum atomic E-state index is 15.1. The molecule has 7 nitrogen and oxygen atoms in total. The number of nitrogens with zero attached hydrogens (tertiary/aromatic N) is 1. The van der Waals surface area contributed by atoms with Crippen LogP contribution in [0.4, 0.5) is 4.39 Å². The molecule has 0 radical (unpaired) electrons. The molecular formula is C24H24ClFN2O5. The molecule has 3 aromatic rings. The van der Waals surface area contributed by atoms with Crippen molar-refractivity contribution in [1.29, 1.82) is 0 Å². The molecule has 0 aliphatic heterocycles. The van der Waals surface area contributed by atoms with Crippen LogP contribution >= 0.6 is 11.6 Å². The van der Waals surface area contributed by atoms with E-state index in [1.807, 2.05) is 0 Å². The van der Waals surface area contributed by atoms with Crippen LogP contribution in [0.25, 0.3) is 10.9 Å². The molecule has 33 heavy (non-hydrogen) atoms. The van der Waals surface area contributed by atoms with Gasteiger partial charge in [-0.2, -0.15) is 0 Å². The standard InChI is InChI=1S/C24H24ClFN2O5/c1-5-24(4,23(32)33)27-21(30)12(2)18-13(3)28(16-9-10-17(29)20(26)19(16)18)22(31)14-7-6-8-15(25)11-14/h6-12,29H,5H2,1-4H3,(H,27,30)(H,32,33). The molecule has 3 rings (SSSR count). The van der Waals surface area contributed by atoms with Crippen molar-refractivity contribution in [2.24, 2.45) is 0 Å². The number of nitrogens with one attached hydrogen (secondary N) is 1. The van der Waals surface area contributed by atoms with Gasteiger partial charge >= 0.3 is 5.97 Å². The molecule has 0 spiro atoms. The lowest BCUT2D eigenvalue weighted by Crippen LogP contribution is -2.52. The number of amides is 1. The average Bonchev–Trinajstić information content (AvgIpc) is 3.07. The third-order valence-electron chi connectivity index (χ3n) is 6.01. The predicted octanol–water partition coefficient (Wildman–Crippen LogP) is 4.61. The summed E-state index contributed by atoms with van der Waals surface area (Å²) in [7, 11) is 0. The lowest BCUT2D eigenvalue weighted by molar-refractivity contribution is -0.147. The highest BCUT2D eigenvalue weighted by atomic mass is 35.5. The van der Waals surface area contributed by atoms with Crippen LogP contribution in [-0.2, 0) is 9.59 Å². The van der Waals surface area contributed by atoms with Crippen molar-refractivity contribution in [3.63, 3.8) is 0 Å². The smallest absolute Gasteiger partial charge is 0.329 e. The van der Waals surface area contributed by atoms with Gasteiger partial charge < -0.3 is 15.5 Å². The number of benzene rings is 2. The van der Waals surface area contributed by atoms with Crippen LogP contribution in [0, 0.1) is 12.7 Å². The molecule has 0 saturated heterocycles. The Morgan fingerprint density at radius 3 is 2.48 bits per heavy atom. The van der Waals surface area contributed by atoms with Gasteiger partial charge in [-0.25, -0.2) is 9.18 Å². The quantitative estimate of drug-likeness (QED) is 0.483. The molecule has 0 bridgehead atoms. The van der Waals surface area contributed by atoms with Gasteiger partial charge in [-0.3, -0.25) is 14.2 Å². The zero-order valence-corrected chi connectivity index (χ0v) is 19.3. The predicted molar refractivity (Wildman–Crippen MR) is 122 cm³/mol. The second-order valence-corrected chi connectivity index (χ2v) is 8.58. The summed E-state index contributed by atoms with van der Waals surface area (Å²) in [6.07, 6.45) is 0.129. The molecule has 2 atom stereocenters. The fraction of sp³-hybridized carbons (Fsp3) is 0.292. The second kappa shape index (κ2) is 8.86. The summed E-state index contributed by atoms with van der Waals surface area (Å²) in [5.74, 6) is -4.98. The first-order chi connectivity index (χ1) is 15.4. The number of aliphatic carboxylic acids is 1. The minimum atomic E-state index is -1.52. The molecule has 0 fully saturated rings. The van der Waals surface area contributed by atoms with E-state index >= 15 is 4.39 Å². The molecule has 1 amide bonds. The first kappa shape index (κ1) is 24.3. The Balaban J connectivity index is 2.21. The van der Waals surface area contributed by atoms with E-state index < -0.39 is 40.8 Å². The van der Waals surface area contributed by atoms with E-state index in [0.717, 1.165) is 6.07 Å². The van der Waals surface area contributed by atoms with Gasteiger partial charge in [-0.1, -0.05) is 24.6 Å². The Labute approximate surface area is 194 Å². The highest BCUT2D eigenvalue weighted by Gasteiger charge is 2.36. The molecule has 0 saturated carbocycles. The molecule has 0 aliphatic carbocycles. The fourth-order valence-corrected chi connectivity index (χ4v) is 4.02. The van der Waals surface area contributed by atoms with Crippen LogP contribution in [0.5, 0.6) is 5.75 Å². The summed E-state index contributed by atoms with van der Waals surface area (Å²) in [6.45, 7) is 6.06. The number of hydrogen-bond acceptors (Lipinski definition) is 4. The number of carbonyl (C=O) groups is 3. The van der Waals surface area contributed by atoms with Gasteiger partial charge in [0.1, 0.15) is 5.54 Å². The van der Waals surface area contributed by atoms with E-state index in [9.17, 15) is 24.6 Å². The third-order valence-corrected chi connectivity index (χ3v) is 6.25. The Bertz CT molecular complexity index is 1290. The van der Waals surface area contributed by atoms with Crippen LogP contribution < -0.4 is 5.32 Å². The topological polar surface area (TPSA) is 109 Å². The van der Waals surface area contributed by atoms with Crippen LogP contribution in [0.3, 0.4) is 0 Å². The number of carbonyl (C=O) groups excluding carboxylic acids is 2. The summed E-state index contributed by atoms with van der Waals surface area (Å²) < 4.78 is 16.4. The largest absolute Gasteiger partial charge is 0.505 e. The van der Waals surface area contributed by atoms with Crippen molar-refractivity contribution in [2.75, 3.05) is 0 Å². The van der Waals surface area contributed by atoms with Gasteiger partial charge in [0, 0.05) is 21.7 Å². The number of carboxylic acid groups (broad SMARTS) is 1. The van der Waals surface area contributed by atoms with Crippen molar-refractivity contribution >= 4 is 40.3 Å². The zero-order chi connectivity index (χ0) is 24.7. The van der Waals surface area contributed by atoms with Crippen molar-refractivity contribution in [2.45, 2.75) is 45.6 Å². The second-order valence-electron chi connectivity index (χ2n) is 8.14. The first-order valence-electron chi connectivity index (χ1n) is 10.3. The molecular weight excluding hydrogens is 451 g/mol. The number of aromatic nitrogens is 1. The summed E-state index contributed by atoms with van der Waals surface area (Å²) in [6, 6.07) is 8.78. The lowest BCUT2D eigenvalue weighted by Gasteiger charge is -2.26. The molecule has 1 aromatic heterocycles. The number of aromatic hydroxyl groups is 1. The summed E-state index contributed by atoms with van der Waals surface area (Å²) in [5, 5.41) is 22.3. The van der Waals surface area contributed by atoms with E-state index in [2.05, 4.69) is 5.32 Å². The minimum absolute atomic E-state index is 0.0842.